The van der Waals surface area contributed by atoms with Crippen molar-refractivity contribution < 1.29 is 0 Å². The fourth-order valence-electron chi connectivity index (χ4n) is 2.76. The van der Waals surface area contributed by atoms with Crippen molar-refractivity contribution in [3.05, 3.63) is 41.3 Å². The topological polar surface area (TPSA) is 42.7 Å². The molecule has 0 fully saturated rings. The van der Waals surface area contributed by atoms with Gasteiger partial charge in [-0.15, -0.1) is 16.4 Å². The minimum absolute atomic E-state index is 0.804. The predicted molar refractivity (Wildman–Crippen MR) is 86.6 cm³/mol. The van der Waals surface area contributed by atoms with Crippen LogP contribution in [-0.2, 0) is 13.5 Å². The van der Waals surface area contributed by atoms with Crippen LogP contribution in [0.1, 0.15) is 12.0 Å². The van der Waals surface area contributed by atoms with E-state index in [1.165, 1.54) is 17.7 Å². The Labute approximate surface area is 127 Å². The molecule has 0 amide bonds. The second kappa shape index (κ2) is 5.00. The fourth-order valence-corrected chi connectivity index (χ4v) is 3.41. The molecule has 0 spiro atoms. The summed E-state index contributed by atoms with van der Waals surface area (Å²) < 4.78 is 1.87. The van der Waals surface area contributed by atoms with Gasteiger partial charge in [0.15, 0.2) is 11.6 Å². The van der Waals surface area contributed by atoms with Crippen LogP contribution in [0.5, 0.6) is 0 Å². The lowest BCUT2D eigenvalue weighted by molar-refractivity contribution is 0.777. The number of aromatic nitrogens is 3. The van der Waals surface area contributed by atoms with Gasteiger partial charge < -0.3 is 5.32 Å². The first-order valence-corrected chi connectivity index (χ1v) is 8.01. The molecule has 4 nitrogen and oxygen atoms in total. The summed E-state index contributed by atoms with van der Waals surface area (Å²) in [6.45, 7) is 1.07. The van der Waals surface area contributed by atoms with E-state index in [0.717, 1.165) is 35.1 Å². The van der Waals surface area contributed by atoms with E-state index >= 15 is 0 Å². The van der Waals surface area contributed by atoms with E-state index in [9.17, 15) is 0 Å². The average molecular weight is 296 g/mol. The van der Waals surface area contributed by atoms with Crippen molar-refractivity contribution in [3.63, 3.8) is 0 Å². The Balaban J connectivity index is 1.76. The summed E-state index contributed by atoms with van der Waals surface area (Å²) in [5.41, 5.74) is 3.76. The van der Waals surface area contributed by atoms with Crippen molar-refractivity contribution in [3.8, 4) is 22.1 Å². The number of thiophene rings is 1. The molecular formula is C16H16N4S. The van der Waals surface area contributed by atoms with E-state index in [1.807, 2.05) is 17.8 Å². The molecule has 2 aromatic heterocycles. The van der Waals surface area contributed by atoms with Crippen LogP contribution in [0.4, 0.5) is 5.69 Å². The number of hydrogen-bond acceptors (Lipinski definition) is 4. The Morgan fingerprint density at radius 3 is 3.10 bits per heavy atom. The molecule has 0 radical (unpaired) electrons. The van der Waals surface area contributed by atoms with Gasteiger partial charge in [0, 0.05) is 24.8 Å². The first-order valence-electron chi connectivity index (χ1n) is 7.13. The van der Waals surface area contributed by atoms with Gasteiger partial charge in [0.1, 0.15) is 0 Å². The van der Waals surface area contributed by atoms with Crippen molar-refractivity contribution in [1.29, 1.82) is 0 Å². The first kappa shape index (κ1) is 12.6. The number of fused-ring (bicyclic) bond motifs is 1. The van der Waals surface area contributed by atoms with Gasteiger partial charge >= 0.3 is 0 Å². The number of nitrogens with zero attached hydrogens (tertiary/aromatic N) is 3. The van der Waals surface area contributed by atoms with E-state index in [-0.39, 0.29) is 0 Å². The molecule has 1 N–H and O–H groups in total. The van der Waals surface area contributed by atoms with Gasteiger partial charge in [-0.3, -0.25) is 0 Å². The lowest BCUT2D eigenvalue weighted by Crippen LogP contribution is -2.11. The van der Waals surface area contributed by atoms with Crippen molar-refractivity contribution in [1.82, 2.24) is 14.8 Å². The lowest BCUT2D eigenvalue weighted by atomic mass is 10.0. The molecule has 3 aromatic rings. The summed E-state index contributed by atoms with van der Waals surface area (Å²) in [6.07, 6.45) is 2.32. The van der Waals surface area contributed by atoms with Crippen LogP contribution in [0.25, 0.3) is 22.1 Å². The summed E-state index contributed by atoms with van der Waals surface area (Å²) >= 11 is 1.67. The minimum atomic E-state index is 0.804. The molecule has 0 atom stereocenters. The smallest absolute Gasteiger partial charge is 0.191 e. The highest BCUT2D eigenvalue weighted by molar-refractivity contribution is 7.13. The predicted octanol–water partition coefficient (Wildman–Crippen LogP) is 3.57. The Kier molecular flexibility index (Phi) is 3.00. The number of nitrogens with one attached hydrogen (secondary N) is 1. The normalized spacial score (nSPS) is 13.8. The van der Waals surface area contributed by atoms with Gasteiger partial charge in [-0.05, 0) is 48.1 Å². The Morgan fingerprint density at radius 1 is 1.29 bits per heavy atom. The molecule has 106 valence electrons. The standard InChI is InChI=1S/C16H16N4S/c1-20-16(18-15(19-20)14-5-3-9-21-14)12-6-7-13-11(10-12)4-2-8-17-13/h3,5-7,9-10,17H,2,4,8H2,1H3. The number of anilines is 1. The molecule has 0 bridgehead atoms. The minimum Gasteiger partial charge on any atom is -0.385 e. The Bertz CT molecular complexity index is 774. The molecule has 0 saturated carbocycles. The van der Waals surface area contributed by atoms with Crippen LogP contribution >= 0.6 is 11.3 Å². The fraction of sp³-hybridized carbons (Fsp3) is 0.250. The quantitative estimate of drug-likeness (QED) is 0.786. The summed E-state index contributed by atoms with van der Waals surface area (Å²) in [6, 6.07) is 10.6. The van der Waals surface area contributed by atoms with Crippen molar-refractivity contribution in [2.45, 2.75) is 12.8 Å². The second-order valence-corrected chi connectivity index (χ2v) is 6.21. The number of rotatable bonds is 2. The summed E-state index contributed by atoms with van der Waals surface area (Å²) in [4.78, 5) is 5.82. The summed E-state index contributed by atoms with van der Waals surface area (Å²) in [5.74, 6) is 1.73. The average Bonchev–Trinajstić information content (AvgIpc) is 3.16. The Hall–Kier alpha value is -2.14. The highest BCUT2D eigenvalue weighted by Gasteiger charge is 2.14. The Morgan fingerprint density at radius 2 is 2.24 bits per heavy atom. The maximum atomic E-state index is 4.71. The summed E-state index contributed by atoms with van der Waals surface area (Å²) in [5, 5.41) is 10.0. The molecule has 1 aliphatic rings. The van der Waals surface area contributed by atoms with E-state index in [1.54, 1.807) is 11.3 Å². The van der Waals surface area contributed by atoms with Gasteiger partial charge in [0.25, 0.3) is 0 Å². The SMILES string of the molecule is Cn1nc(-c2cccs2)nc1-c1ccc2c(c1)CCCN2. The third kappa shape index (κ3) is 2.23. The van der Waals surface area contributed by atoms with E-state index < -0.39 is 0 Å². The zero-order chi connectivity index (χ0) is 14.2. The molecule has 1 aliphatic heterocycles. The highest BCUT2D eigenvalue weighted by Crippen LogP contribution is 2.29. The van der Waals surface area contributed by atoms with Crippen LogP contribution in [0.15, 0.2) is 35.7 Å². The lowest BCUT2D eigenvalue weighted by Gasteiger charge is -2.18. The van der Waals surface area contributed by atoms with Gasteiger partial charge in [-0.2, -0.15) is 0 Å². The molecule has 0 aliphatic carbocycles. The van der Waals surface area contributed by atoms with E-state index in [0.29, 0.717) is 0 Å². The van der Waals surface area contributed by atoms with Crippen LogP contribution in [-0.4, -0.2) is 21.3 Å². The van der Waals surface area contributed by atoms with Crippen LogP contribution in [0.2, 0.25) is 0 Å². The largest absolute Gasteiger partial charge is 0.385 e. The molecule has 1 aromatic carbocycles. The summed E-state index contributed by atoms with van der Waals surface area (Å²) in [7, 11) is 1.96. The monoisotopic (exact) mass is 296 g/mol. The van der Waals surface area contributed by atoms with Crippen molar-refractivity contribution in [2.24, 2.45) is 7.05 Å². The second-order valence-electron chi connectivity index (χ2n) is 5.26. The number of hydrogen-bond donors (Lipinski definition) is 1. The van der Waals surface area contributed by atoms with Crippen LogP contribution in [0, 0.1) is 0 Å². The number of benzene rings is 1. The van der Waals surface area contributed by atoms with Crippen LogP contribution < -0.4 is 5.32 Å². The third-order valence-electron chi connectivity index (χ3n) is 3.81. The van der Waals surface area contributed by atoms with E-state index in [2.05, 4.69) is 40.1 Å². The molecule has 4 rings (SSSR count). The zero-order valence-electron chi connectivity index (χ0n) is 11.8. The maximum absolute atomic E-state index is 4.71. The van der Waals surface area contributed by atoms with E-state index in [4.69, 9.17) is 4.98 Å². The van der Waals surface area contributed by atoms with Gasteiger partial charge in [-0.25, -0.2) is 9.67 Å². The number of aryl methyl sites for hydroxylation is 2. The molecule has 0 saturated heterocycles. The van der Waals surface area contributed by atoms with Crippen LogP contribution in [0.3, 0.4) is 0 Å². The first-order chi connectivity index (χ1) is 10.3. The maximum Gasteiger partial charge on any atom is 0.191 e. The third-order valence-corrected chi connectivity index (χ3v) is 4.67. The van der Waals surface area contributed by atoms with Gasteiger partial charge in [0.2, 0.25) is 0 Å². The highest BCUT2D eigenvalue weighted by atomic mass is 32.1. The molecule has 3 heterocycles. The molecule has 5 heteroatoms. The van der Waals surface area contributed by atoms with Crippen molar-refractivity contribution >= 4 is 17.0 Å². The van der Waals surface area contributed by atoms with Gasteiger partial charge in [0.05, 0.1) is 4.88 Å². The molecule has 0 unspecified atom stereocenters. The van der Waals surface area contributed by atoms with Crippen molar-refractivity contribution in [2.75, 3.05) is 11.9 Å². The molecule has 21 heavy (non-hydrogen) atoms. The zero-order valence-corrected chi connectivity index (χ0v) is 12.7. The molecular weight excluding hydrogens is 280 g/mol. The van der Waals surface area contributed by atoms with Gasteiger partial charge in [-0.1, -0.05) is 6.07 Å².